The largest absolute Gasteiger partial charge is 0.369 e. The lowest BCUT2D eigenvalue weighted by atomic mass is 9.89. The predicted octanol–water partition coefficient (Wildman–Crippen LogP) is 2.78. The lowest BCUT2D eigenvalue weighted by Crippen LogP contribution is -2.54. The SMILES string of the molecule is CCC1CNCC(CC)(Cc2ccccc2)O1. The number of hydrogen-bond acceptors (Lipinski definition) is 2. The zero-order chi connectivity index (χ0) is 12.1. The van der Waals surface area contributed by atoms with Crippen LogP contribution >= 0.6 is 0 Å². The number of benzene rings is 1. The zero-order valence-corrected chi connectivity index (χ0v) is 10.9. The van der Waals surface area contributed by atoms with Crippen LogP contribution < -0.4 is 5.32 Å². The van der Waals surface area contributed by atoms with Crippen LogP contribution in [0.1, 0.15) is 32.3 Å². The van der Waals surface area contributed by atoms with E-state index in [0.29, 0.717) is 6.10 Å². The molecular formula is C15H23NO. The molecule has 1 aliphatic rings. The summed E-state index contributed by atoms with van der Waals surface area (Å²) in [6.45, 7) is 6.38. The smallest absolute Gasteiger partial charge is 0.0848 e. The van der Waals surface area contributed by atoms with E-state index in [0.717, 1.165) is 32.4 Å². The van der Waals surface area contributed by atoms with E-state index in [-0.39, 0.29) is 5.60 Å². The van der Waals surface area contributed by atoms with E-state index in [1.807, 2.05) is 0 Å². The van der Waals surface area contributed by atoms with Crippen molar-refractivity contribution in [2.75, 3.05) is 13.1 Å². The van der Waals surface area contributed by atoms with Gasteiger partial charge in [-0.05, 0) is 18.4 Å². The molecule has 0 aliphatic carbocycles. The molecule has 1 aromatic carbocycles. The third kappa shape index (κ3) is 3.08. The fraction of sp³-hybridized carbons (Fsp3) is 0.600. The van der Waals surface area contributed by atoms with Crippen LogP contribution in [0.15, 0.2) is 30.3 Å². The topological polar surface area (TPSA) is 21.3 Å². The molecular weight excluding hydrogens is 210 g/mol. The van der Waals surface area contributed by atoms with Gasteiger partial charge >= 0.3 is 0 Å². The van der Waals surface area contributed by atoms with Crippen LogP contribution in [0.25, 0.3) is 0 Å². The third-order valence-electron chi connectivity index (χ3n) is 3.70. The summed E-state index contributed by atoms with van der Waals surface area (Å²) in [5.74, 6) is 0. The van der Waals surface area contributed by atoms with E-state index in [1.165, 1.54) is 5.56 Å². The molecule has 2 heteroatoms. The lowest BCUT2D eigenvalue weighted by Gasteiger charge is -2.41. The minimum atomic E-state index is -0.0136. The Morgan fingerprint density at radius 3 is 2.71 bits per heavy atom. The monoisotopic (exact) mass is 233 g/mol. The first-order valence-corrected chi connectivity index (χ1v) is 6.70. The minimum Gasteiger partial charge on any atom is -0.369 e. The standard InChI is InChI=1S/C15H23NO/c1-3-14-11-16-12-15(4-2,17-14)10-13-8-6-5-7-9-13/h5-9,14,16H,3-4,10-12H2,1-2H3. The molecule has 0 bridgehead atoms. The average molecular weight is 233 g/mol. The summed E-state index contributed by atoms with van der Waals surface area (Å²) in [6.07, 6.45) is 3.52. The lowest BCUT2D eigenvalue weighted by molar-refractivity contribution is -0.118. The summed E-state index contributed by atoms with van der Waals surface area (Å²) < 4.78 is 6.31. The molecule has 1 aromatic rings. The number of ether oxygens (including phenoxy) is 1. The van der Waals surface area contributed by atoms with Gasteiger partial charge in [0.05, 0.1) is 11.7 Å². The number of rotatable bonds is 4. The molecule has 1 saturated heterocycles. The second-order valence-corrected chi connectivity index (χ2v) is 4.98. The molecule has 1 aliphatic heterocycles. The summed E-state index contributed by atoms with van der Waals surface area (Å²) in [5, 5.41) is 3.52. The summed E-state index contributed by atoms with van der Waals surface area (Å²) in [5.41, 5.74) is 1.35. The van der Waals surface area contributed by atoms with Crippen molar-refractivity contribution in [2.24, 2.45) is 0 Å². The van der Waals surface area contributed by atoms with E-state index in [9.17, 15) is 0 Å². The van der Waals surface area contributed by atoms with Crippen molar-refractivity contribution in [3.63, 3.8) is 0 Å². The van der Waals surface area contributed by atoms with Crippen molar-refractivity contribution in [3.05, 3.63) is 35.9 Å². The van der Waals surface area contributed by atoms with Gasteiger partial charge in [0.2, 0.25) is 0 Å². The maximum Gasteiger partial charge on any atom is 0.0848 e. The maximum atomic E-state index is 6.31. The second-order valence-electron chi connectivity index (χ2n) is 4.98. The van der Waals surface area contributed by atoms with Gasteiger partial charge in [0.15, 0.2) is 0 Å². The molecule has 1 fully saturated rings. The molecule has 94 valence electrons. The van der Waals surface area contributed by atoms with Crippen molar-refractivity contribution in [1.29, 1.82) is 0 Å². The maximum absolute atomic E-state index is 6.31. The first kappa shape index (κ1) is 12.6. The van der Waals surface area contributed by atoms with Gasteiger partial charge in [-0.25, -0.2) is 0 Å². The normalized spacial score (nSPS) is 29.2. The molecule has 0 spiro atoms. The molecule has 0 saturated carbocycles. The van der Waals surface area contributed by atoms with E-state index < -0.39 is 0 Å². The van der Waals surface area contributed by atoms with E-state index in [4.69, 9.17) is 4.74 Å². The Labute approximate surface area is 104 Å². The highest BCUT2D eigenvalue weighted by Gasteiger charge is 2.35. The van der Waals surface area contributed by atoms with Crippen LogP contribution in [0.2, 0.25) is 0 Å². The zero-order valence-electron chi connectivity index (χ0n) is 10.9. The molecule has 2 atom stereocenters. The Bertz CT molecular complexity index is 338. The third-order valence-corrected chi connectivity index (χ3v) is 3.70. The second kappa shape index (κ2) is 5.65. The van der Waals surface area contributed by atoms with Gasteiger partial charge in [-0.1, -0.05) is 44.2 Å². The Morgan fingerprint density at radius 1 is 1.29 bits per heavy atom. The fourth-order valence-corrected chi connectivity index (χ4v) is 2.53. The molecule has 0 radical (unpaired) electrons. The van der Waals surface area contributed by atoms with Crippen molar-refractivity contribution >= 4 is 0 Å². The summed E-state index contributed by atoms with van der Waals surface area (Å²) in [7, 11) is 0. The van der Waals surface area contributed by atoms with Gasteiger partial charge in [-0.2, -0.15) is 0 Å². The van der Waals surface area contributed by atoms with Gasteiger partial charge in [0.25, 0.3) is 0 Å². The van der Waals surface area contributed by atoms with Gasteiger partial charge < -0.3 is 10.1 Å². The van der Waals surface area contributed by atoms with Gasteiger partial charge in [0.1, 0.15) is 0 Å². The molecule has 1 N–H and O–H groups in total. The Kier molecular flexibility index (Phi) is 4.19. The van der Waals surface area contributed by atoms with Gasteiger partial charge in [-0.3, -0.25) is 0 Å². The summed E-state index contributed by atoms with van der Waals surface area (Å²) >= 11 is 0. The van der Waals surface area contributed by atoms with Gasteiger partial charge in [-0.15, -0.1) is 0 Å². The highest BCUT2D eigenvalue weighted by Crippen LogP contribution is 2.26. The van der Waals surface area contributed by atoms with Crippen molar-refractivity contribution in [2.45, 2.75) is 44.8 Å². The molecule has 2 rings (SSSR count). The fourth-order valence-electron chi connectivity index (χ4n) is 2.53. The quantitative estimate of drug-likeness (QED) is 0.863. The van der Waals surface area contributed by atoms with Crippen LogP contribution in [0.4, 0.5) is 0 Å². The molecule has 1 heterocycles. The van der Waals surface area contributed by atoms with Crippen molar-refractivity contribution in [1.82, 2.24) is 5.32 Å². The highest BCUT2D eigenvalue weighted by atomic mass is 16.5. The van der Waals surface area contributed by atoms with Crippen molar-refractivity contribution < 1.29 is 4.74 Å². The number of hydrogen-bond donors (Lipinski definition) is 1. The Morgan fingerprint density at radius 2 is 2.06 bits per heavy atom. The number of morpholine rings is 1. The molecule has 0 amide bonds. The van der Waals surface area contributed by atoms with Crippen molar-refractivity contribution in [3.8, 4) is 0 Å². The molecule has 2 unspecified atom stereocenters. The Balaban J connectivity index is 2.08. The molecule has 17 heavy (non-hydrogen) atoms. The van der Waals surface area contributed by atoms with E-state index >= 15 is 0 Å². The van der Waals surface area contributed by atoms with Crippen LogP contribution in [-0.4, -0.2) is 24.8 Å². The first-order chi connectivity index (χ1) is 8.28. The first-order valence-electron chi connectivity index (χ1n) is 6.70. The summed E-state index contributed by atoms with van der Waals surface area (Å²) in [4.78, 5) is 0. The minimum absolute atomic E-state index is 0.0136. The van der Waals surface area contributed by atoms with Crippen LogP contribution in [0, 0.1) is 0 Å². The van der Waals surface area contributed by atoms with Crippen LogP contribution in [-0.2, 0) is 11.2 Å². The molecule has 2 nitrogen and oxygen atoms in total. The summed E-state index contributed by atoms with van der Waals surface area (Å²) in [6, 6.07) is 10.7. The van der Waals surface area contributed by atoms with Gasteiger partial charge in [0, 0.05) is 19.5 Å². The average Bonchev–Trinajstić information content (AvgIpc) is 2.40. The molecule has 0 aromatic heterocycles. The number of nitrogens with one attached hydrogen (secondary N) is 1. The van der Waals surface area contributed by atoms with Crippen LogP contribution in [0.5, 0.6) is 0 Å². The van der Waals surface area contributed by atoms with E-state index in [2.05, 4.69) is 49.5 Å². The van der Waals surface area contributed by atoms with E-state index in [1.54, 1.807) is 0 Å². The highest BCUT2D eigenvalue weighted by molar-refractivity contribution is 5.17. The van der Waals surface area contributed by atoms with Crippen LogP contribution in [0.3, 0.4) is 0 Å². The predicted molar refractivity (Wildman–Crippen MR) is 71.2 cm³/mol. The Hall–Kier alpha value is -0.860.